The Morgan fingerprint density at radius 2 is 1.79 bits per heavy atom. The van der Waals surface area contributed by atoms with Crippen LogP contribution in [0.2, 0.25) is 0 Å². The van der Waals surface area contributed by atoms with Gasteiger partial charge in [-0.05, 0) is 35.6 Å². The van der Waals surface area contributed by atoms with Crippen molar-refractivity contribution in [3.05, 3.63) is 75.8 Å². The molecule has 6 heteroatoms. The first-order valence-electron chi connectivity index (χ1n) is 9.70. The molecule has 1 aliphatic heterocycles. The largest absolute Gasteiger partial charge is 0.497 e. The van der Waals surface area contributed by atoms with Gasteiger partial charge in [-0.25, -0.2) is 0 Å². The Labute approximate surface area is 164 Å². The molecule has 0 spiro atoms. The summed E-state index contributed by atoms with van der Waals surface area (Å²) in [6.45, 7) is 0.355. The first-order valence-corrected chi connectivity index (χ1v) is 9.70. The maximum absolute atomic E-state index is 13.3. The van der Waals surface area contributed by atoms with E-state index in [4.69, 9.17) is 4.74 Å². The third-order valence-electron chi connectivity index (χ3n) is 5.85. The average molecular weight is 380 g/mol. The summed E-state index contributed by atoms with van der Waals surface area (Å²) in [4.78, 5) is 26.8. The van der Waals surface area contributed by atoms with Crippen molar-refractivity contribution in [1.29, 1.82) is 0 Å². The van der Waals surface area contributed by atoms with E-state index in [0.717, 1.165) is 29.7 Å². The molecular formula is C22H24N2O4. The lowest BCUT2D eigenvalue weighted by Gasteiger charge is -2.25. The zero-order valence-electron chi connectivity index (χ0n) is 15.9. The van der Waals surface area contributed by atoms with Crippen LogP contribution in [0, 0.1) is 22.0 Å². The summed E-state index contributed by atoms with van der Waals surface area (Å²) in [5.74, 6) is 0.545. The van der Waals surface area contributed by atoms with E-state index in [0.29, 0.717) is 18.9 Å². The minimum atomic E-state index is -0.909. The molecule has 0 radical (unpaired) electrons. The third-order valence-corrected chi connectivity index (χ3v) is 5.85. The molecule has 2 aromatic rings. The van der Waals surface area contributed by atoms with Gasteiger partial charge < -0.3 is 9.64 Å². The van der Waals surface area contributed by atoms with E-state index in [1.54, 1.807) is 12.0 Å². The summed E-state index contributed by atoms with van der Waals surface area (Å²) < 4.78 is 5.20. The van der Waals surface area contributed by atoms with Crippen LogP contribution in [-0.4, -0.2) is 28.9 Å². The van der Waals surface area contributed by atoms with Gasteiger partial charge >= 0.3 is 0 Å². The van der Waals surface area contributed by atoms with E-state index in [9.17, 15) is 14.9 Å². The van der Waals surface area contributed by atoms with Crippen LogP contribution in [0.3, 0.4) is 0 Å². The van der Waals surface area contributed by atoms with Crippen molar-refractivity contribution in [3.8, 4) is 5.75 Å². The molecule has 4 rings (SSSR count). The van der Waals surface area contributed by atoms with Crippen molar-refractivity contribution >= 4 is 5.91 Å². The normalized spacial score (nSPS) is 24.4. The number of likely N-dealkylation sites (tertiary alicyclic amines) is 1. The highest BCUT2D eigenvalue weighted by atomic mass is 16.6. The topological polar surface area (TPSA) is 72.7 Å². The van der Waals surface area contributed by atoms with E-state index in [-0.39, 0.29) is 10.8 Å². The van der Waals surface area contributed by atoms with Crippen LogP contribution >= 0.6 is 0 Å². The smallest absolute Gasteiger partial charge is 0.248 e. The maximum Gasteiger partial charge on any atom is 0.248 e. The molecule has 2 aromatic carbocycles. The SMILES string of the molecule is COc1ccc(CN2C(=O)C(CC3CC3)C([N+](=O)[O-])C2c2ccccc2)cc1. The number of rotatable bonds is 7. The van der Waals surface area contributed by atoms with E-state index in [2.05, 4.69) is 0 Å². The van der Waals surface area contributed by atoms with E-state index in [1.807, 2.05) is 54.6 Å². The number of carbonyl (C=O) groups excluding carboxylic acids is 1. The molecule has 0 aromatic heterocycles. The summed E-state index contributed by atoms with van der Waals surface area (Å²) >= 11 is 0. The van der Waals surface area contributed by atoms with Gasteiger partial charge in [0, 0.05) is 11.5 Å². The van der Waals surface area contributed by atoms with E-state index < -0.39 is 18.0 Å². The summed E-state index contributed by atoms with van der Waals surface area (Å²) in [6.07, 6.45) is 2.76. The maximum atomic E-state index is 13.3. The van der Waals surface area contributed by atoms with Crippen LogP contribution in [-0.2, 0) is 11.3 Å². The lowest BCUT2D eigenvalue weighted by atomic mass is 9.90. The monoisotopic (exact) mass is 380 g/mol. The zero-order valence-corrected chi connectivity index (χ0v) is 15.9. The van der Waals surface area contributed by atoms with Gasteiger partial charge in [0.15, 0.2) is 0 Å². The summed E-state index contributed by atoms with van der Waals surface area (Å²) in [5, 5.41) is 12.0. The average Bonchev–Trinajstić information content (AvgIpc) is 3.49. The van der Waals surface area contributed by atoms with Crippen molar-refractivity contribution < 1.29 is 14.5 Å². The minimum Gasteiger partial charge on any atom is -0.497 e. The van der Waals surface area contributed by atoms with Crippen molar-refractivity contribution in [2.24, 2.45) is 11.8 Å². The first kappa shape index (κ1) is 18.5. The van der Waals surface area contributed by atoms with Crippen LogP contribution in [0.25, 0.3) is 0 Å². The Kier molecular flexibility index (Phi) is 5.03. The number of carbonyl (C=O) groups is 1. The molecule has 2 fully saturated rings. The molecule has 2 aliphatic rings. The molecule has 1 aliphatic carbocycles. The Morgan fingerprint density at radius 3 is 2.36 bits per heavy atom. The van der Waals surface area contributed by atoms with Gasteiger partial charge in [0.2, 0.25) is 11.9 Å². The van der Waals surface area contributed by atoms with Crippen molar-refractivity contribution in [2.45, 2.75) is 37.9 Å². The summed E-state index contributed by atoms with van der Waals surface area (Å²) in [7, 11) is 1.61. The fraction of sp³-hybridized carbons (Fsp3) is 0.409. The number of benzene rings is 2. The molecule has 3 unspecified atom stereocenters. The molecule has 0 N–H and O–H groups in total. The first-order chi connectivity index (χ1) is 13.6. The molecule has 28 heavy (non-hydrogen) atoms. The third kappa shape index (κ3) is 3.59. The van der Waals surface area contributed by atoms with Crippen molar-refractivity contribution in [3.63, 3.8) is 0 Å². The fourth-order valence-electron chi connectivity index (χ4n) is 4.25. The number of methoxy groups -OCH3 is 1. The summed E-state index contributed by atoms with van der Waals surface area (Å²) in [5.41, 5.74) is 1.76. The molecule has 1 heterocycles. The molecule has 3 atom stereocenters. The number of hydrogen-bond donors (Lipinski definition) is 0. The highest BCUT2D eigenvalue weighted by molar-refractivity contribution is 5.83. The predicted octanol–water partition coefficient (Wildman–Crippen LogP) is 3.84. The van der Waals surface area contributed by atoms with Crippen LogP contribution in [0.15, 0.2) is 54.6 Å². The number of hydrogen-bond acceptors (Lipinski definition) is 4. The van der Waals surface area contributed by atoms with Crippen LogP contribution in [0.4, 0.5) is 0 Å². The standard InChI is InChI=1S/C22H24N2O4/c1-28-18-11-9-16(10-12-18)14-23-20(17-5-3-2-4-6-17)21(24(26)27)19(22(23)25)13-15-7-8-15/h2-6,9-12,15,19-21H,7-8,13-14H2,1H3. The Hall–Kier alpha value is -2.89. The van der Waals surface area contributed by atoms with Crippen LogP contribution in [0.1, 0.15) is 36.4 Å². The van der Waals surface area contributed by atoms with Gasteiger partial charge in [-0.15, -0.1) is 0 Å². The Balaban J connectivity index is 1.69. The number of ether oxygens (including phenoxy) is 1. The fourth-order valence-corrected chi connectivity index (χ4v) is 4.25. The number of nitro groups is 1. The highest BCUT2D eigenvalue weighted by Crippen LogP contribution is 2.45. The molecule has 146 valence electrons. The quantitative estimate of drug-likeness (QED) is 0.540. The Bertz CT molecular complexity index is 849. The highest BCUT2D eigenvalue weighted by Gasteiger charge is 2.56. The lowest BCUT2D eigenvalue weighted by Crippen LogP contribution is -2.33. The second-order valence-corrected chi connectivity index (χ2v) is 7.73. The van der Waals surface area contributed by atoms with Crippen molar-refractivity contribution in [2.75, 3.05) is 7.11 Å². The molecule has 1 amide bonds. The molecule has 1 saturated carbocycles. The van der Waals surface area contributed by atoms with Crippen molar-refractivity contribution in [1.82, 2.24) is 4.90 Å². The van der Waals surface area contributed by atoms with Gasteiger partial charge in [-0.3, -0.25) is 14.9 Å². The number of amides is 1. The summed E-state index contributed by atoms with van der Waals surface area (Å²) in [6, 6.07) is 15.4. The van der Waals surface area contributed by atoms with Gasteiger partial charge in [0.1, 0.15) is 17.7 Å². The van der Waals surface area contributed by atoms with Gasteiger partial charge in [-0.2, -0.15) is 0 Å². The van der Waals surface area contributed by atoms with Gasteiger partial charge in [0.05, 0.1) is 7.11 Å². The molecule has 1 saturated heterocycles. The minimum absolute atomic E-state index is 0.0988. The van der Waals surface area contributed by atoms with Crippen LogP contribution < -0.4 is 4.74 Å². The van der Waals surface area contributed by atoms with E-state index >= 15 is 0 Å². The van der Waals surface area contributed by atoms with Crippen LogP contribution in [0.5, 0.6) is 5.75 Å². The Morgan fingerprint density at radius 1 is 1.11 bits per heavy atom. The second kappa shape index (κ2) is 7.62. The number of nitrogens with zero attached hydrogens (tertiary/aromatic N) is 2. The van der Waals surface area contributed by atoms with Gasteiger partial charge in [-0.1, -0.05) is 55.3 Å². The van der Waals surface area contributed by atoms with Gasteiger partial charge in [0.25, 0.3) is 0 Å². The molecule has 6 nitrogen and oxygen atoms in total. The second-order valence-electron chi connectivity index (χ2n) is 7.73. The zero-order chi connectivity index (χ0) is 19.7. The van der Waals surface area contributed by atoms with E-state index in [1.165, 1.54) is 0 Å². The molecule has 0 bridgehead atoms. The predicted molar refractivity (Wildman–Crippen MR) is 104 cm³/mol. The lowest BCUT2D eigenvalue weighted by molar-refractivity contribution is -0.533. The molecular weight excluding hydrogens is 356 g/mol.